The van der Waals surface area contributed by atoms with Gasteiger partial charge in [-0.3, -0.25) is 0 Å². The first-order chi connectivity index (χ1) is 23.2. The smallest absolute Gasteiger partial charge is 0.119 e. The molecular weight excluding hydrogens is 612 g/mol. The van der Waals surface area contributed by atoms with Crippen LogP contribution in [0.2, 0.25) is 0 Å². The molecule has 3 rings (SSSR count). The fourth-order valence-corrected chi connectivity index (χ4v) is 6.11. The molecule has 1 fully saturated rings. The minimum Gasteiger partial charge on any atom is -0.494 e. The third-order valence-corrected chi connectivity index (χ3v) is 11.1. The van der Waals surface area contributed by atoms with E-state index in [1.165, 1.54) is 24.0 Å². The second-order valence-electron chi connectivity index (χ2n) is 16.1. The number of rotatable bonds is 26. The SMILES string of the molecule is CCC(C)(CCCCCCOc1ccc(-c2ccc(OCCCCCCC(C)(C)OCC(C)C(C)(O)CC)cc2)cc1)OCC1CC1(C)O. The van der Waals surface area contributed by atoms with Crippen molar-refractivity contribution in [3.8, 4) is 22.6 Å². The number of hydrogen-bond donors (Lipinski definition) is 2. The van der Waals surface area contributed by atoms with Gasteiger partial charge in [-0.05, 0) is 115 Å². The van der Waals surface area contributed by atoms with E-state index in [0.717, 1.165) is 95.3 Å². The molecule has 0 amide bonds. The topological polar surface area (TPSA) is 77.4 Å². The van der Waals surface area contributed by atoms with Gasteiger partial charge in [0.05, 0.1) is 48.8 Å². The van der Waals surface area contributed by atoms with E-state index in [9.17, 15) is 10.2 Å². The second-order valence-corrected chi connectivity index (χ2v) is 16.1. The lowest BCUT2D eigenvalue weighted by molar-refractivity contribution is -0.0878. The lowest BCUT2D eigenvalue weighted by Gasteiger charge is -2.33. The van der Waals surface area contributed by atoms with Crippen LogP contribution in [-0.4, -0.2) is 59.0 Å². The summed E-state index contributed by atoms with van der Waals surface area (Å²) >= 11 is 0. The molecule has 6 heteroatoms. The summed E-state index contributed by atoms with van der Waals surface area (Å²) in [4.78, 5) is 0. The van der Waals surface area contributed by atoms with Crippen LogP contribution in [0.1, 0.15) is 139 Å². The van der Waals surface area contributed by atoms with E-state index < -0.39 is 11.2 Å². The maximum absolute atomic E-state index is 10.4. The molecule has 0 heterocycles. The van der Waals surface area contributed by atoms with Crippen LogP contribution in [0.4, 0.5) is 0 Å². The summed E-state index contributed by atoms with van der Waals surface area (Å²) in [6, 6.07) is 16.7. The van der Waals surface area contributed by atoms with E-state index in [1.54, 1.807) is 0 Å². The monoisotopic (exact) mass is 683 g/mol. The van der Waals surface area contributed by atoms with Gasteiger partial charge in [0.1, 0.15) is 11.5 Å². The molecule has 0 radical (unpaired) electrons. The van der Waals surface area contributed by atoms with Gasteiger partial charge >= 0.3 is 0 Å². The quantitative estimate of drug-likeness (QED) is 0.0962. The first-order valence-corrected chi connectivity index (χ1v) is 19.4. The van der Waals surface area contributed by atoms with Gasteiger partial charge in [0.15, 0.2) is 0 Å². The van der Waals surface area contributed by atoms with Crippen molar-refractivity contribution in [2.24, 2.45) is 11.8 Å². The lowest BCUT2D eigenvalue weighted by Crippen LogP contribution is -2.37. The zero-order chi connectivity index (χ0) is 36.0. The summed E-state index contributed by atoms with van der Waals surface area (Å²) in [7, 11) is 0. The summed E-state index contributed by atoms with van der Waals surface area (Å²) < 4.78 is 24.4. The Labute approximate surface area is 299 Å². The summed E-state index contributed by atoms with van der Waals surface area (Å²) in [5, 5.41) is 20.4. The molecule has 0 aliphatic heterocycles. The van der Waals surface area contributed by atoms with E-state index in [1.807, 2.05) is 20.8 Å². The number of ether oxygens (including phenoxy) is 4. The Morgan fingerprint density at radius 2 is 1.18 bits per heavy atom. The molecule has 1 aliphatic carbocycles. The van der Waals surface area contributed by atoms with Crippen molar-refractivity contribution in [3.05, 3.63) is 48.5 Å². The Morgan fingerprint density at radius 1 is 0.714 bits per heavy atom. The van der Waals surface area contributed by atoms with Gasteiger partial charge in [-0.15, -0.1) is 0 Å². The predicted molar refractivity (Wildman–Crippen MR) is 203 cm³/mol. The van der Waals surface area contributed by atoms with Gasteiger partial charge in [-0.2, -0.15) is 0 Å². The Kier molecular flexibility index (Phi) is 16.4. The Hall–Kier alpha value is -2.12. The number of aliphatic hydroxyl groups is 2. The molecule has 2 aromatic rings. The maximum atomic E-state index is 10.4. The summed E-state index contributed by atoms with van der Waals surface area (Å²) in [6.07, 6.45) is 13.7. The van der Waals surface area contributed by atoms with Gasteiger partial charge in [0, 0.05) is 11.8 Å². The Bertz CT molecular complexity index is 1190. The van der Waals surface area contributed by atoms with E-state index in [4.69, 9.17) is 18.9 Å². The molecule has 1 aliphatic rings. The van der Waals surface area contributed by atoms with Crippen molar-refractivity contribution >= 4 is 0 Å². The van der Waals surface area contributed by atoms with Gasteiger partial charge in [0.25, 0.3) is 0 Å². The van der Waals surface area contributed by atoms with Crippen LogP contribution in [0.25, 0.3) is 11.1 Å². The normalized spacial score (nSPS) is 20.7. The highest BCUT2D eigenvalue weighted by Gasteiger charge is 2.49. The van der Waals surface area contributed by atoms with Gasteiger partial charge in [0.2, 0.25) is 0 Å². The molecule has 5 atom stereocenters. The third-order valence-electron chi connectivity index (χ3n) is 11.1. The van der Waals surface area contributed by atoms with Crippen molar-refractivity contribution in [1.82, 2.24) is 0 Å². The molecule has 6 nitrogen and oxygen atoms in total. The average molecular weight is 683 g/mol. The fraction of sp³-hybridized carbons (Fsp3) is 0.721. The first kappa shape index (κ1) is 41.3. The van der Waals surface area contributed by atoms with E-state index in [-0.39, 0.29) is 17.1 Å². The van der Waals surface area contributed by atoms with Crippen molar-refractivity contribution in [2.75, 3.05) is 26.4 Å². The summed E-state index contributed by atoms with van der Waals surface area (Å²) in [5.41, 5.74) is 0.905. The molecule has 2 N–H and O–H groups in total. The minimum atomic E-state index is -0.672. The molecule has 49 heavy (non-hydrogen) atoms. The molecule has 2 aromatic carbocycles. The van der Waals surface area contributed by atoms with Gasteiger partial charge in [-0.1, -0.05) is 83.6 Å². The largest absolute Gasteiger partial charge is 0.494 e. The van der Waals surface area contributed by atoms with Crippen LogP contribution in [0.5, 0.6) is 11.5 Å². The first-order valence-electron chi connectivity index (χ1n) is 19.4. The summed E-state index contributed by atoms with van der Waals surface area (Å²) in [5.74, 6) is 2.25. The van der Waals surface area contributed by atoms with Crippen LogP contribution in [-0.2, 0) is 9.47 Å². The van der Waals surface area contributed by atoms with Crippen LogP contribution in [0.3, 0.4) is 0 Å². The highest BCUT2D eigenvalue weighted by atomic mass is 16.5. The van der Waals surface area contributed by atoms with Gasteiger partial charge < -0.3 is 29.2 Å². The molecule has 0 bridgehead atoms. The van der Waals surface area contributed by atoms with Crippen LogP contribution in [0, 0.1) is 11.8 Å². The maximum Gasteiger partial charge on any atom is 0.119 e. The minimum absolute atomic E-state index is 0.0851. The molecule has 0 spiro atoms. The van der Waals surface area contributed by atoms with E-state index in [0.29, 0.717) is 19.1 Å². The van der Waals surface area contributed by atoms with Crippen molar-refractivity contribution in [3.63, 3.8) is 0 Å². The van der Waals surface area contributed by atoms with Crippen LogP contribution in [0.15, 0.2) is 48.5 Å². The summed E-state index contributed by atoms with van der Waals surface area (Å²) in [6.45, 7) is 19.3. The van der Waals surface area contributed by atoms with E-state index >= 15 is 0 Å². The Morgan fingerprint density at radius 3 is 1.63 bits per heavy atom. The predicted octanol–water partition coefficient (Wildman–Crippen LogP) is 10.6. The zero-order valence-electron chi connectivity index (χ0n) is 32.3. The number of unbranched alkanes of at least 4 members (excludes halogenated alkanes) is 6. The molecule has 278 valence electrons. The Balaban J connectivity index is 1.23. The van der Waals surface area contributed by atoms with Crippen LogP contribution < -0.4 is 9.47 Å². The molecule has 5 unspecified atom stereocenters. The number of benzene rings is 2. The highest BCUT2D eigenvalue weighted by molar-refractivity contribution is 5.64. The fourth-order valence-electron chi connectivity index (χ4n) is 6.11. The standard InChI is InChI=1S/C43H70O6/c1-9-41(6,49-33-37-31-43(37,8)45)28-16-12-14-18-30-47-39-25-21-36(22-26-39)35-19-23-38(24-20-35)46-29-17-13-11-15-27-40(4,5)48-32-34(3)42(7,44)10-2/h19-26,34,37,44-45H,9-18,27-33H2,1-8H3. The van der Waals surface area contributed by atoms with Crippen molar-refractivity contribution in [2.45, 2.75) is 161 Å². The second kappa shape index (κ2) is 19.5. The third kappa shape index (κ3) is 14.9. The van der Waals surface area contributed by atoms with E-state index in [2.05, 4.69) is 83.1 Å². The van der Waals surface area contributed by atoms with Crippen LogP contribution >= 0.6 is 0 Å². The molecule has 0 saturated heterocycles. The molecular formula is C43H70O6. The molecule has 1 saturated carbocycles. The lowest BCUT2D eigenvalue weighted by atomic mass is 9.89. The number of hydrogen-bond acceptors (Lipinski definition) is 6. The van der Waals surface area contributed by atoms with Crippen molar-refractivity contribution < 1.29 is 29.2 Å². The average Bonchev–Trinajstić information content (AvgIpc) is 3.71. The molecule has 0 aromatic heterocycles. The van der Waals surface area contributed by atoms with Crippen molar-refractivity contribution in [1.29, 1.82) is 0 Å². The highest BCUT2D eigenvalue weighted by Crippen LogP contribution is 2.44. The zero-order valence-corrected chi connectivity index (χ0v) is 32.3. The van der Waals surface area contributed by atoms with Gasteiger partial charge in [-0.25, -0.2) is 0 Å².